The zero-order chi connectivity index (χ0) is 25.6. The average Bonchev–Trinajstić information content (AvgIpc) is 3.55. The number of hydrogen-bond donors (Lipinski definition) is 3. The Bertz CT molecular complexity index is 1260. The van der Waals surface area contributed by atoms with Crippen LogP contribution in [0.3, 0.4) is 0 Å². The molecule has 3 unspecified atom stereocenters. The van der Waals surface area contributed by atoms with Crippen LogP contribution in [0, 0.1) is 5.92 Å². The Balaban J connectivity index is 1.28. The highest BCUT2D eigenvalue weighted by Crippen LogP contribution is 2.43. The first-order valence-corrected chi connectivity index (χ1v) is 13.1. The number of nitrogens with zero attached hydrogens (tertiary/aromatic N) is 3. The molecule has 13 heteroatoms. The van der Waals surface area contributed by atoms with Crippen molar-refractivity contribution in [3.63, 3.8) is 0 Å². The van der Waals surface area contributed by atoms with E-state index in [4.69, 9.17) is 9.88 Å². The number of ether oxygens (including phenoxy) is 1. The number of nitrogens with two attached hydrogens (primary N) is 1. The van der Waals surface area contributed by atoms with Crippen LogP contribution in [0.15, 0.2) is 21.5 Å². The number of carbonyl (C=O) groups excluding carboxylic acids is 2. The van der Waals surface area contributed by atoms with Crippen LogP contribution in [-0.2, 0) is 41.5 Å². The molecule has 3 aliphatic rings. The number of fused-ring (bicyclic) bond motifs is 3. The van der Waals surface area contributed by atoms with E-state index in [-0.39, 0.29) is 19.7 Å². The fraction of sp³-hybridized carbons (Fsp3) is 0.522. The van der Waals surface area contributed by atoms with Crippen LogP contribution in [0.5, 0.6) is 5.88 Å². The lowest BCUT2D eigenvalue weighted by atomic mass is 9.96. The maximum atomic E-state index is 12.9. The van der Waals surface area contributed by atoms with Gasteiger partial charge in [0.2, 0.25) is 5.88 Å². The number of nitrogens with one attached hydrogen (secondary N) is 2. The predicted molar refractivity (Wildman–Crippen MR) is 127 cm³/mol. The van der Waals surface area contributed by atoms with Crippen molar-refractivity contribution in [3.05, 3.63) is 34.5 Å². The molecule has 2 aliphatic carbocycles. The minimum atomic E-state index is -4.94. The first kappa shape index (κ1) is 24.8. The highest BCUT2D eigenvalue weighted by atomic mass is 32.2. The number of benzene rings is 1. The largest absolute Gasteiger partial charge is 0.477 e. The highest BCUT2D eigenvalue weighted by molar-refractivity contribution is 7.85. The van der Waals surface area contributed by atoms with Gasteiger partial charge < -0.3 is 15.4 Å². The number of rotatable bonds is 4. The van der Waals surface area contributed by atoms with Crippen molar-refractivity contribution in [2.75, 3.05) is 18.5 Å². The van der Waals surface area contributed by atoms with Crippen molar-refractivity contribution in [3.8, 4) is 5.88 Å². The standard InChI is InChI=1S/C23H27F3N6O3S/c1-12-5-6-16-17(12)7-14-3-2-4-15(14)19(16)30-22(34)31-36(27)18-9-29-32-10-13(11-35-20(18)32)8-28-21(33)23(24,25)26/h7,9,12-13H,2-6,8,10-11H2,1H3,(H,28,33)(H3,27,30,31,34). The molecule has 0 saturated carbocycles. The number of hydrogen-bond acceptors (Lipinski definition) is 4. The molecule has 2 heterocycles. The third-order valence-electron chi connectivity index (χ3n) is 6.99. The van der Waals surface area contributed by atoms with Gasteiger partial charge in [0.25, 0.3) is 0 Å². The Hall–Kier alpha value is -2.93. The smallest absolute Gasteiger partial charge is 0.471 e. The predicted octanol–water partition coefficient (Wildman–Crippen LogP) is 3.38. The number of aromatic nitrogens is 2. The molecule has 1 aliphatic heterocycles. The van der Waals surface area contributed by atoms with E-state index >= 15 is 0 Å². The second kappa shape index (κ2) is 9.51. The first-order chi connectivity index (χ1) is 17.1. The fourth-order valence-electron chi connectivity index (χ4n) is 5.19. The molecule has 0 saturated heterocycles. The second-order valence-corrected chi connectivity index (χ2v) is 10.7. The van der Waals surface area contributed by atoms with E-state index < -0.39 is 34.9 Å². The Kier molecular flexibility index (Phi) is 6.54. The van der Waals surface area contributed by atoms with Gasteiger partial charge in [-0.3, -0.25) is 9.93 Å². The molecule has 3 amide bonds. The lowest BCUT2D eigenvalue weighted by Crippen LogP contribution is -2.42. The van der Waals surface area contributed by atoms with Gasteiger partial charge in [-0.05, 0) is 60.3 Å². The molecule has 2 aromatic rings. The van der Waals surface area contributed by atoms with Gasteiger partial charge in [0, 0.05) is 29.0 Å². The average molecular weight is 525 g/mol. The van der Waals surface area contributed by atoms with Crippen LogP contribution in [0.25, 0.3) is 0 Å². The van der Waals surface area contributed by atoms with E-state index in [1.807, 2.05) is 5.32 Å². The molecule has 0 bridgehead atoms. The zero-order valence-corrected chi connectivity index (χ0v) is 20.5. The van der Waals surface area contributed by atoms with E-state index in [0.29, 0.717) is 16.7 Å². The Labute approximate surface area is 208 Å². The lowest BCUT2D eigenvalue weighted by molar-refractivity contribution is -0.173. The maximum absolute atomic E-state index is 12.9. The Morgan fingerprint density at radius 1 is 1.31 bits per heavy atom. The summed E-state index contributed by atoms with van der Waals surface area (Å²) in [5, 5.41) is 15.3. The molecule has 5 rings (SSSR count). The van der Waals surface area contributed by atoms with Crippen molar-refractivity contribution in [1.82, 2.24) is 15.1 Å². The van der Waals surface area contributed by atoms with Crippen LogP contribution < -0.4 is 20.5 Å². The van der Waals surface area contributed by atoms with Crippen molar-refractivity contribution in [2.45, 2.75) is 62.6 Å². The number of anilines is 1. The summed E-state index contributed by atoms with van der Waals surface area (Å²) in [6, 6.07) is 1.76. The van der Waals surface area contributed by atoms with Gasteiger partial charge in [-0.15, -0.1) is 0 Å². The molecule has 1 aromatic carbocycles. The number of urea groups is 1. The summed E-state index contributed by atoms with van der Waals surface area (Å²) < 4.78 is 48.5. The number of carbonyl (C=O) groups is 2. The van der Waals surface area contributed by atoms with Gasteiger partial charge in [0.05, 0.1) is 19.3 Å². The summed E-state index contributed by atoms with van der Waals surface area (Å²) in [4.78, 5) is 24.4. The van der Waals surface area contributed by atoms with Gasteiger partial charge in [-0.1, -0.05) is 13.0 Å². The van der Waals surface area contributed by atoms with E-state index in [1.165, 1.54) is 33.1 Å². The quantitative estimate of drug-likeness (QED) is 0.566. The Morgan fingerprint density at radius 3 is 2.89 bits per heavy atom. The van der Waals surface area contributed by atoms with Gasteiger partial charge >= 0.3 is 18.1 Å². The minimum absolute atomic E-state index is 0.0701. The van der Waals surface area contributed by atoms with Gasteiger partial charge in [0.15, 0.2) is 0 Å². The maximum Gasteiger partial charge on any atom is 0.471 e. The number of halogens is 3. The summed E-state index contributed by atoms with van der Waals surface area (Å²) in [6.45, 7) is 2.30. The molecule has 4 N–H and O–H groups in total. The third-order valence-corrected chi connectivity index (χ3v) is 8.09. The molecular weight excluding hydrogens is 497 g/mol. The molecule has 3 atom stereocenters. The SMILES string of the molecule is CC1CCc2c1cc1c(c2NC(=O)N=S(N)c2cnn3c2OCC(CNC(=O)C(F)(F)F)C3)CCC1. The first-order valence-electron chi connectivity index (χ1n) is 11.8. The molecule has 0 fully saturated rings. The van der Waals surface area contributed by atoms with E-state index in [9.17, 15) is 22.8 Å². The van der Waals surface area contributed by atoms with Crippen LogP contribution in [-0.4, -0.2) is 41.0 Å². The van der Waals surface area contributed by atoms with Crippen molar-refractivity contribution < 1.29 is 27.5 Å². The molecule has 0 spiro atoms. The molecule has 194 valence electrons. The van der Waals surface area contributed by atoms with Crippen LogP contribution >= 0.6 is 0 Å². The highest BCUT2D eigenvalue weighted by Gasteiger charge is 2.39. The van der Waals surface area contributed by atoms with Gasteiger partial charge in [-0.2, -0.15) is 22.6 Å². The minimum Gasteiger partial charge on any atom is -0.477 e. The summed E-state index contributed by atoms with van der Waals surface area (Å²) in [5.74, 6) is -1.61. The number of amides is 3. The summed E-state index contributed by atoms with van der Waals surface area (Å²) in [6.07, 6.45) is 1.49. The molecule has 9 nitrogen and oxygen atoms in total. The van der Waals surface area contributed by atoms with Gasteiger partial charge in [0.1, 0.15) is 4.90 Å². The van der Waals surface area contributed by atoms with E-state index in [1.54, 1.807) is 0 Å². The van der Waals surface area contributed by atoms with E-state index in [0.717, 1.165) is 37.8 Å². The number of alkyl halides is 3. The topological polar surface area (TPSA) is 124 Å². The zero-order valence-electron chi connectivity index (χ0n) is 19.7. The number of aryl methyl sites for hydroxylation is 1. The van der Waals surface area contributed by atoms with Crippen LogP contribution in [0.1, 0.15) is 47.9 Å². The molecule has 0 radical (unpaired) electrons. The normalized spacial score (nSPS) is 21.4. The van der Waals surface area contributed by atoms with Crippen molar-refractivity contribution in [2.24, 2.45) is 15.4 Å². The van der Waals surface area contributed by atoms with Crippen molar-refractivity contribution in [1.29, 1.82) is 0 Å². The summed E-state index contributed by atoms with van der Waals surface area (Å²) in [7, 11) is -1.35. The summed E-state index contributed by atoms with van der Waals surface area (Å²) >= 11 is 0. The molecule has 1 aromatic heterocycles. The Morgan fingerprint density at radius 2 is 2.11 bits per heavy atom. The molecular formula is C23H27F3N6O3S. The van der Waals surface area contributed by atoms with Gasteiger partial charge in [-0.25, -0.2) is 9.48 Å². The third kappa shape index (κ3) is 4.73. The van der Waals surface area contributed by atoms with Crippen molar-refractivity contribution >= 4 is 28.5 Å². The fourth-order valence-corrected chi connectivity index (χ4v) is 6.01. The van der Waals surface area contributed by atoms with E-state index in [2.05, 4.69) is 27.8 Å². The van der Waals surface area contributed by atoms with Crippen LogP contribution in [0.4, 0.5) is 23.7 Å². The monoisotopic (exact) mass is 524 g/mol. The molecule has 36 heavy (non-hydrogen) atoms. The second-order valence-electron chi connectivity index (χ2n) is 9.47. The summed E-state index contributed by atoms with van der Waals surface area (Å²) in [5.41, 5.74) is 5.87. The van der Waals surface area contributed by atoms with Crippen LogP contribution in [0.2, 0.25) is 0 Å². The lowest BCUT2D eigenvalue weighted by Gasteiger charge is -2.25.